The summed E-state index contributed by atoms with van der Waals surface area (Å²) in [5.41, 5.74) is 1.25. The summed E-state index contributed by atoms with van der Waals surface area (Å²) in [7, 11) is 0. The van der Waals surface area contributed by atoms with Crippen LogP contribution in [-0.4, -0.2) is 12.1 Å². The molecule has 96 valence electrons. The Morgan fingerprint density at radius 1 is 1.24 bits per heavy atom. The Kier molecular flexibility index (Phi) is 5.48. The molecule has 0 aliphatic rings. The van der Waals surface area contributed by atoms with Gasteiger partial charge in [0.15, 0.2) is 0 Å². The fourth-order valence-corrected chi connectivity index (χ4v) is 2.84. The molecule has 0 fully saturated rings. The van der Waals surface area contributed by atoms with Gasteiger partial charge in [0.1, 0.15) is 5.75 Å². The molecule has 0 atom stereocenters. The second-order valence-electron chi connectivity index (χ2n) is 4.91. The molecule has 1 aromatic carbocycles. The zero-order valence-corrected chi connectivity index (χ0v) is 13.9. The van der Waals surface area contributed by atoms with Gasteiger partial charge in [0.25, 0.3) is 0 Å². The molecule has 1 N–H and O–H groups in total. The number of nitrogens with one attached hydrogen (secondary N) is 1. The lowest BCUT2D eigenvalue weighted by atomic mass is 10.1. The predicted molar refractivity (Wildman–Crippen MR) is 79.6 cm³/mol. The van der Waals surface area contributed by atoms with Gasteiger partial charge in [-0.3, -0.25) is 0 Å². The first-order valence-corrected chi connectivity index (χ1v) is 7.28. The van der Waals surface area contributed by atoms with Crippen molar-refractivity contribution in [2.45, 2.75) is 39.8 Å². The van der Waals surface area contributed by atoms with Crippen LogP contribution in [0.2, 0.25) is 0 Å². The highest BCUT2D eigenvalue weighted by Crippen LogP contribution is 2.33. The van der Waals surface area contributed by atoms with Crippen molar-refractivity contribution >= 4 is 31.9 Å². The normalized spacial score (nSPS) is 11.6. The number of hydrogen-bond acceptors (Lipinski definition) is 2. The summed E-state index contributed by atoms with van der Waals surface area (Å²) in [5.74, 6) is 0.924. The molecule has 0 aliphatic carbocycles. The van der Waals surface area contributed by atoms with Crippen LogP contribution in [0.1, 0.15) is 33.3 Å². The van der Waals surface area contributed by atoms with Crippen LogP contribution >= 0.6 is 31.9 Å². The van der Waals surface area contributed by atoms with Crippen LogP contribution in [0.5, 0.6) is 5.75 Å². The summed E-state index contributed by atoms with van der Waals surface area (Å²) < 4.78 is 7.72. The smallest absolute Gasteiger partial charge is 0.138 e. The van der Waals surface area contributed by atoms with Crippen LogP contribution in [0, 0.1) is 0 Å². The molecule has 0 radical (unpaired) electrons. The summed E-state index contributed by atoms with van der Waals surface area (Å²) in [6, 6.07) is 4.10. The molecule has 0 spiro atoms. The van der Waals surface area contributed by atoms with Crippen LogP contribution in [0.25, 0.3) is 0 Å². The van der Waals surface area contributed by atoms with Gasteiger partial charge < -0.3 is 10.1 Å². The maximum atomic E-state index is 5.68. The standard InChI is InChI=1S/C13H19Br2NO/c1-5-17-12-9(8-16-13(2,3)4)6-10(14)7-11(12)15/h6-7,16H,5,8H2,1-4H3. The Hall–Kier alpha value is -0.0600. The predicted octanol–water partition coefficient (Wildman–Crippen LogP) is 4.50. The number of hydrogen-bond donors (Lipinski definition) is 1. The highest BCUT2D eigenvalue weighted by atomic mass is 79.9. The van der Waals surface area contributed by atoms with Crippen molar-refractivity contribution in [1.82, 2.24) is 5.32 Å². The van der Waals surface area contributed by atoms with Crippen molar-refractivity contribution in [3.63, 3.8) is 0 Å². The molecule has 0 bridgehead atoms. The highest BCUT2D eigenvalue weighted by molar-refractivity contribution is 9.11. The number of rotatable bonds is 4. The first-order valence-electron chi connectivity index (χ1n) is 5.69. The lowest BCUT2D eigenvalue weighted by molar-refractivity contribution is 0.330. The topological polar surface area (TPSA) is 21.3 Å². The molecule has 0 saturated heterocycles. The number of halogens is 2. The molecule has 0 saturated carbocycles. The van der Waals surface area contributed by atoms with E-state index in [1.54, 1.807) is 0 Å². The van der Waals surface area contributed by atoms with E-state index in [2.05, 4.69) is 64.0 Å². The number of ether oxygens (including phenoxy) is 1. The SMILES string of the molecule is CCOc1c(Br)cc(Br)cc1CNC(C)(C)C. The molecular weight excluding hydrogens is 346 g/mol. The molecule has 0 aliphatic heterocycles. The number of benzene rings is 1. The second-order valence-corrected chi connectivity index (χ2v) is 6.68. The highest BCUT2D eigenvalue weighted by Gasteiger charge is 2.13. The molecule has 17 heavy (non-hydrogen) atoms. The minimum Gasteiger partial charge on any atom is -0.492 e. The maximum Gasteiger partial charge on any atom is 0.138 e. The largest absolute Gasteiger partial charge is 0.492 e. The van der Waals surface area contributed by atoms with E-state index < -0.39 is 0 Å². The molecule has 0 unspecified atom stereocenters. The van der Waals surface area contributed by atoms with Gasteiger partial charge in [0.2, 0.25) is 0 Å². The van der Waals surface area contributed by atoms with Crippen LogP contribution in [0.3, 0.4) is 0 Å². The van der Waals surface area contributed by atoms with Gasteiger partial charge in [-0.2, -0.15) is 0 Å². The summed E-state index contributed by atoms with van der Waals surface area (Å²) in [4.78, 5) is 0. The summed E-state index contributed by atoms with van der Waals surface area (Å²) in [6.45, 7) is 9.91. The fraction of sp³-hybridized carbons (Fsp3) is 0.538. The van der Waals surface area contributed by atoms with Crippen LogP contribution in [-0.2, 0) is 6.54 Å². The molecule has 0 amide bonds. The van der Waals surface area contributed by atoms with Crippen LogP contribution in [0.15, 0.2) is 21.1 Å². The third kappa shape index (κ3) is 4.98. The molecule has 2 nitrogen and oxygen atoms in total. The quantitative estimate of drug-likeness (QED) is 0.849. The second kappa shape index (κ2) is 6.21. The molecule has 0 heterocycles. The van der Waals surface area contributed by atoms with E-state index in [9.17, 15) is 0 Å². The maximum absolute atomic E-state index is 5.68. The van der Waals surface area contributed by atoms with Crippen LogP contribution in [0.4, 0.5) is 0 Å². The van der Waals surface area contributed by atoms with Gasteiger partial charge in [-0.05, 0) is 55.8 Å². The summed E-state index contributed by atoms with van der Waals surface area (Å²) in [5, 5.41) is 3.47. The minimum atomic E-state index is 0.0955. The third-order valence-corrected chi connectivity index (χ3v) is 3.23. The van der Waals surface area contributed by atoms with Gasteiger partial charge in [0, 0.05) is 22.1 Å². The molecule has 0 aromatic heterocycles. The van der Waals surface area contributed by atoms with Crippen molar-refractivity contribution in [3.05, 3.63) is 26.6 Å². The molecular formula is C13H19Br2NO. The molecule has 4 heteroatoms. The van der Waals surface area contributed by atoms with E-state index in [1.807, 2.05) is 13.0 Å². The minimum absolute atomic E-state index is 0.0955. The van der Waals surface area contributed by atoms with E-state index >= 15 is 0 Å². The summed E-state index contributed by atoms with van der Waals surface area (Å²) >= 11 is 7.04. The third-order valence-electron chi connectivity index (χ3n) is 2.18. The molecule has 1 rings (SSSR count). The monoisotopic (exact) mass is 363 g/mol. The Labute approximate surface area is 120 Å². The van der Waals surface area contributed by atoms with E-state index in [-0.39, 0.29) is 5.54 Å². The van der Waals surface area contributed by atoms with Gasteiger partial charge in [-0.15, -0.1) is 0 Å². The lowest BCUT2D eigenvalue weighted by Gasteiger charge is -2.22. The first kappa shape index (κ1) is 15.0. The fourth-order valence-electron chi connectivity index (χ4n) is 1.41. The van der Waals surface area contributed by atoms with Crippen molar-refractivity contribution in [2.75, 3.05) is 6.61 Å². The van der Waals surface area contributed by atoms with Gasteiger partial charge in [-0.1, -0.05) is 15.9 Å². The van der Waals surface area contributed by atoms with Crippen molar-refractivity contribution in [1.29, 1.82) is 0 Å². The Bertz CT molecular complexity index is 386. The van der Waals surface area contributed by atoms with E-state index in [0.29, 0.717) is 6.61 Å². The van der Waals surface area contributed by atoms with Gasteiger partial charge >= 0.3 is 0 Å². The van der Waals surface area contributed by atoms with Crippen LogP contribution < -0.4 is 10.1 Å². The molecule has 1 aromatic rings. The first-order chi connectivity index (χ1) is 7.83. The average Bonchev–Trinajstić information content (AvgIpc) is 2.18. The summed E-state index contributed by atoms with van der Waals surface area (Å²) in [6.07, 6.45) is 0. The lowest BCUT2D eigenvalue weighted by Crippen LogP contribution is -2.35. The van der Waals surface area contributed by atoms with Crippen molar-refractivity contribution in [3.8, 4) is 5.75 Å². The Morgan fingerprint density at radius 2 is 1.88 bits per heavy atom. The van der Waals surface area contributed by atoms with Gasteiger partial charge in [-0.25, -0.2) is 0 Å². The van der Waals surface area contributed by atoms with Gasteiger partial charge in [0.05, 0.1) is 11.1 Å². The van der Waals surface area contributed by atoms with Crippen molar-refractivity contribution in [2.24, 2.45) is 0 Å². The van der Waals surface area contributed by atoms with E-state index in [0.717, 1.165) is 26.8 Å². The Balaban J connectivity index is 2.95. The van der Waals surface area contributed by atoms with E-state index in [4.69, 9.17) is 4.74 Å². The zero-order chi connectivity index (χ0) is 13.1. The van der Waals surface area contributed by atoms with Crippen molar-refractivity contribution < 1.29 is 4.74 Å². The average molecular weight is 365 g/mol. The van der Waals surface area contributed by atoms with E-state index in [1.165, 1.54) is 0 Å². The Morgan fingerprint density at radius 3 is 2.41 bits per heavy atom. The zero-order valence-electron chi connectivity index (χ0n) is 10.7.